The third-order valence-electron chi connectivity index (χ3n) is 3.10. The summed E-state index contributed by atoms with van der Waals surface area (Å²) in [5.74, 6) is -4.82. The first kappa shape index (κ1) is 20.6. The van der Waals surface area contributed by atoms with Crippen molar-refractivity contribution in [3.8, 4) is 5.75 Å². The van der Waals surface area contributed by atoms with Crippen LogP contribution in [0, 0.1) is 5.82 Å². The maximum absolute atomic E-state index is 13.6. The van der Waals surface area contributed by atoms with Crippen molar-refractivity contribution >= 4 is 17.5 Å². The Morgan fingerprint density at radius 2 is 1.84 bits per heavy atom. The lowest BCUT2D eigenvalue weighted by atomic mass is 10.0. The van der Waals surface area contributed by atoms with Gasteiger partial charge in [0.05, 0.1) is 13.0 Å². The molecule has 0 aliphatic rings. The zero-order chi connectivity index (χ0) is 19.2. The van der Waals surface area contributed by atoms with Gasteiger partial charge >= 0.3 is 5.97 Å². The summed E-state index contributed by atoms with van der Waals surface area (Å²) in [4.78, 5) is 34.6. The van der Waals surface area contributed by atoms with Crippen LogP contribution in [0.4, 0.5) is 17.6 Å². The lowest BCUT2D eigenvalue weighted by Crippen LogP contribution is -2.42. The minimum atomic E-state index is -3.20. The quantitative estimate of drug-likeness (QED) is 0.222. The summed E-state index contributed by atoms with van der Waals surface area (Å²) in [6, 6.07) is 2.32. The van der Waals surface area contributed by atoms with Gasteiger partial charge in [0.2, 0.25) is 5.78 Å². The van der Waals surface area contributed by atoms with Gasteiger partial charge in [-0.2, -0.15) is 0 Å². The number of Topliss-reactive ketones (excluding diaryl/α,β-unsaturated/α-hetero) is 2. The summed E-state index contributed by atoms with van der Waals surface area (Å²) in [6.45, 7) is 0.639. The van der Waals surface area contributed by atoms with Gasteiger partial charge in [0, 0.05) is 11.6 Å². The maximum atomic E-state index is 13.6. The molecule has 0 aliphatic heterocycles. The standard InChI is InChI=1S/C16H16F4O5/c1-3-24-14(23)13(22)7-12(21)9-4-10(18)6-11(5-9)25-16(2,8-17)15(19)20/h4-6,15H,3,7-8H2,1-2H3. The van der Waals surface area contributed by atoms with Gasteiger partial charge in [-0.1, -0.05) is 0 Å². The Balaban J connectivity index is 2.99. The molecular weight excluding hydrogens is 348 g/mol. The summed E-state index contributed by atoms with van der Waals surface area (Å²) >= 11 is 0. The molecule has 5 nitrogen and oxygen atoms in total. The second kappa shape index (κ2) is 8.59. The molecule has 0 bridgehead atoms. The topological polar surface area (TPSA) is 69.7 Å². The number of carbonyl (C=O) groups is 3. The smallest absolute Gasteiger partial charge is 0.375 e. The third kappa shape index (κ3) is 5.54. The van der Waals surface area contributed by atoms with Crippen molar-refractivity contribution < 1.29 is 41.4 Å². The average molecular weight is 364 g/mol. The first-order chi connectivity index (χ1) is 11.6. The summed E-state index contributed by atoms with van der Waals surface area (Å²) in [5.41, 5.74) is -2.90. The molecule has 0 radical (unpaired) electrons. The van der Waals surface area contributed by atoms with Gasteiger partial charge in [-0.15, -0.1) is 0 Å². The number of benzene rings is 1. The van der Waals surface area contributed by atoms with E-state index in [1.54, 1.807) is 0 Å². The molecule has 0 N–H and O–H groups in total. The van der Waals surface area contributed by atoms with Crippen LogP contribution >= 0.6 is 0 Å². The van der Waals surface area contributed by atoms with E-state index in [4.69, 9.17) is 4.74 Å². The molecule has 9 heteroatoms. The second-order valence-electron chi connectivity index (χ2n) is 5.27. The number of ketones is 2. The van der Waals surface area contributed by atoms with E-state index in [0.29, 0.717) is 6.07 Å². The molecule has 1 aromatic rings. The van der Waals surface area contributed by atoms with Gasteiger partial charge in [0.25, 0.3) is 6.43 Å². The Morgan fingerprint density at radius 1 is 1.20 bits per heavy atom. The Bertz CT molecular complexity index is 662. The number of hydrogen-bond donors (Lipinski definition) is 0. The molecule has 0 fully saturated rings. The van der Waals surface area contributed by atoms with E-state index in [0.717, 1.165) is 19.1 Å². The molecule has 0 saturated carbocycles. The molecule has 1 unspecified atom stereocenters. The van der Waals surface area contributed by atoms with Gasteiger partial charge in [-0.05, 0) is 26.0 Å². The van der Waals surface area contributed by atoms with E-state index in [-0.39, 0.29) is 12.2 Å². The van der Waals surface area contributed by atoms with E-state index in [2.05, 4.69) is 4.74 Å². The van der Waals surface area contributed by atoms with Gasteiger partial charge in [0.15, 0.2) is 11.4 Å². The highest BCUT2D eigenvalue weighted by Crippen LogP contribution is 2.27. The largest absolute Gasteiger partial charge is 0.479 e. The fraction of sp³-hybridized carbons (Fsp3) is 0.438. The van der Waals surface area contributed by atoms with Crippen LogP contribution < -0.4 is 4.74 Å². The molecule has 25 heavy (non-hydrogen) atoms. The molecule has 138 valence electrons. The first-order valence-corrected chi connectivity index (χ1v) is 7.19. The normalized spacial score (nSPS) is 13.2. The maximum Gasteiger partial charge on any atom is 0.375 e. The van der Waals surface area contributed by atoms with Crippen molar-refractivity contribution in [1.82, 2.24) is 0 Å². The van der Waals surface area contributed by atoms with Crippen LogP contribution in [0.25, 0.3) is 0 Å². The SMILES string of the molecule is CCOC(=O)C(=O)CC(=O)c1cc(F)cc(OC(C)(CF)C(F)F)c1. The highest BCUT2D eigenvalue weighted by Gasteiger charge is 2.38. The van der Waals surface area contributed by atoms with Crippen molar-refractivity contribution in [2.24, 2.45) is 0 Å². The zero-order valence-electron chi connectivity index (χ0n) is 13.5. The Kier molecular flexibility index (Phi) is 7.08. The molecule has 0 aromatic heterocycles. The Labute approximate surface area is 140 Å². The molecule has 0 aliphatic carbocycles. The Morgan fingerprint density at radius 3 is 2.36 bits per heavy atom. The molecule has 1 aromatic carbocycles. The van der Waals surface area contributed by atoms with Crippen molar-refractivity contribution in [1.29, 1.82) is 0 Å². The fourth-order valence-electron chi connectivity index (χ4n) is 1.71. The number of alkyl halides is 3. The zero-order valence-corrected chi connectivity index (χ0v) is 13.5. The number of halogens is 4. The summed E-state index contributed by atoms with van der Waals surface area (Å²) < 4.78 is 61.3. The van der Waals surface area contributed by atoms with Gasteiger partial charge in [-0.3, -0.25) is 9.59 Å². The highest BCUT2D eigenvalue weighted by molar-refractivity contribution is 6.38. The lowest BCUT2D eigenvalue weighted by Gasteiger charge is -2.27. The van der Waals surface area contributed by atoms with Crippen LogP contribution in [0.3, 0.4) is 0 Å². The number of rotatable bonds is 9. The summed E-state index contributed by atoms with van der Waals surface area (Å²) in [5, 5.41) is 0. The number of carbonyl (C=O) groups excluding carboxylic acids is 3. The molecule has 1 rings (SSSR count). The van der Waals surface area contributed by atoms with E-state index in [1.807, 2.05) is 0 Å². The van der Waals surface area contributed by atoms with Gasteiger partial charge in [-0.25, -0.2) is 22.4 Å². The van der Waals surface area contributed by atoms with Crippen molar-refractivity contribution in [3.05, 3.63) is 29.6 Å². The minimum Gasteiger partial charge on any atom is -0.479 e. The number of esters is 1. The van der Waals surface area contributed by atoms with E-state index in [1.165, 1.54) is 6.92 Å². The van der Waals surface area contributed by atoms with E-state index in [9.17, 15) is 31.9 Å². The predicted octanol–water partition coefficient (Wildman–Crippen LogP) is 2.90. The number of ether oxygens (including phenoxy) is 2. The first-order valence-electron chi connectivity index (χ1n) is 7.19. The summed E-state index contributed by atoms with van der Waals surface area (Å²) in [6.07, 6.45) is -4.10. The van der Waals surface area contributed by atoms with Crippen molar-refractivity contribution in [3.63, 3.8) is 0 Å². The second-order valence-corrected chi connectivity index (χ2v) is 5.27. The van der Waals surface area contributed by atoms with Crippen LogP contribution in [0.15, 0.2) is 18.2 Å². The average Bonchev–Trinajstić information content (AvgIpc) is 2.53. The van der Waals surface area contributed by atoms with E-state index >= 15 is 0 Å². The van der Waals surface area contributed by atoms with Crippen molar-refractivity contribution in [2.75, 3.05) is 13.3 Å². The fourth-order valence-corrected chi connectivity index (χ4v) is 1.71. The van der Waals surface area contributed by atoms with Crippen LogP contribution in [0.1, 0.15) is 30.6 Å². The van der Waals surface area contributed by atoms with Crippen LogP contribution in [-0.4, -0.2) is 42.8 Å². The lowest BCUT2D eigenvalue weighted by molar-refractivity contribution is -0.153. The molecule has 0 heterocycles. The molecule has 0 spiro atoms. The van der Waals surface area contributed by atoms with Crippen LogP contribution in [-0.2, 0) is 14.3 Å². The predicted molar refractivity (Wildman–Crippen MR) is 78.0 cm³/mol. The number of hydrogen-bond acceptors (Lipinski definition) is 5. The monoisotopic (exact) mass is 364 g/mol. The van der Waals surface area contributed by atoms with Crippen LogP contribution in [0.2, 0.25) is 0 Å². The minimum absolute atomic E-state index is 0.0633. The van der Waals surface area contributed by atoms with Gasteiger partial charge < -0.3 is 9.47 Å². The molecule has 1 atom stereocenters. The third-order valence-corrected chi connectivity index (χ3v) is 3.10. The Hall–Kier alpha value is -2.45. The van der Waals surface area contributed by atoms with Crippen LogP contribution in [0.5, 0.6) is 5.75 Å². The molecular formula is C16H16F4O5. The molecule has 0 saturated heterocycles. The molecule has 0 amide bonds. The highest BCUT2D eigenvalue weighted by atomic mass is 19.3. The van der Waals surface area contributed by atoms with Crippen molar-refractivity contribution in [2.45, 2.75) is 32.3 Å². The van der Waals surface area contributed by atoms with E-state index < -0.39 is 54.2 Å². The van der Waals surface area contributed by atoms with Gasteiger partial charge in [0.1, 0.15) is 18.2 Å². The summed E-state index contributed by atoms with van der Waals surface area (Å²) in [7, 11) is 0.